The lowest BCUT2D eigenvalue weighted by molar-refractivity contribution is -0.143. The van der Waals surface area contributed by atoms with Gasteiger partial charge < -0.3 is 20.7 Å². The summed E-state index contributed by atoms with van der Waals surface area (Å²) in [6, 6.07) is 0.236. The van der Waals surface area contributed by atoms with E-state index in [0.717, 1.165) is 4.57 Å². The summed E-state index contributed by atoms with van der Waals surface area (Å²) in [5, 5.41) is 11.5. The third-order valence-electron chi connectivity index (χ3n) is 3.12. The van der Waals surface area contributed by atoms with Gasteiger partial charge in [-0.1, -0.05) is 24.9 Å². The van der Waals surface area contributed by atoms with Crippen LogP contribution in [-0.4, -0.2) is 33.5 Å². The smallest absolute Gasteiger partial charge is 0.326 e. The van der Waals surface area contributed by atoms with Crippen molar-refractivity contribution in [2.24, 2.45) is 5.73 Å². The Balaban J connectivity index is 3.06. The van der Waals surface area contributed by atoms with E-state index < -0.39 is 41.8 Å². The highest BCUT2D eigenvalue weighted by Crippen LogP contribution is 2.15. The third kappa shape index (κ3) is 5.41. The van der Waals surface area contributed by atoms with Crippen molar-refractivity contribution in [2.45, 2.75) is 38.3 Å². The molecule has 0 aliphatic heterocycles. The highest BCUT2D eigenvalue weighted by atomic mass is 35.5. The first-order valence-corrected chi connectivity index (χ1v) is 7.33. The van der Waals surface area contributed by atoms with Crippen LogP contribution in [0.1, 0.15) is 32.2 Å². The quantitative estimate of drug-likeness (QED) is 0.624. The lowest BCUT2D eigenvalue weighted by Gasteiger charge is -2.21. The Labute approximate surface area is 137 Å². The molecule has 0 saturated heterocycles. The zero-order chi connectivity index (χ0) is 17.6. The number of nitrogens with two attached hydrogens (primary N) is 1. The summed E-state index contributed by atoms with van der Waals surface area (Å²) in [6.45, 7) is 1.81. The number of carbonyl (C=O) groups excluding carboxylic acids is 2. The Kier molecular flexibility index (Phi) is 6.77. The summed E-state index contributed by atoms with van der Waals surface area (Å²) >= 11 is 5.84. The van der Waals surface area contributed by atoms with Crippen molar-refractivity contribution in [3.63, 3.8) is 0 Å². The number of amides is 2. The molecule has 1 aromatic rings. The minimum atomic E-state index is -1.45. The average molecular weight is 344 g/mol. The first-order valence-electron chi connectivity index (χ1n) is 6.95. The summed E-state index contributed by atoms with van der Waals surface area (Å²) < 4.78 is 1.14. The standard InChI is InChI=1S/C14H18ClN3O5/c1-2-3-10(18-7-8(15)4-5-12(18)20)13(21)17-9(14(22)23)6-11(16)19/h4-5,7,9-10H,2-3,6H2,1H3,(H2,16,19)(H,17,21)(H,22,23). The van der Waals surface area contributed by atoms with Crippen LogP contribution >= 0.6 is 11.6 Å². The van der Waals surface area contributed by atoms with Crippen LogP contribution in [0.3, 0.4) is 0 Å². The zero-order valence-electron chi connectivity index (χ0n) is 12.5. The molecule has 0 aliphatic rings. The maximum atomic E-state index is 12.4. The number of carboxylic acid groups (broad SMARTS) is 1. The van der Waals surface area contributed by atoms with Crippen LogP contribution in [0.5, 0.6) is 0 Å². The summed E-state index contributed by atoms with van der Waals surface area (Å²) in [4.78, 5) is 46.3. The lowest BCUT2D eigenvalue weighted by atomic mass is 10.1. The van der Waals surface area contributed by atoms with Crippen molar-refractivity contribution < 1.29 is 19.5 Å². The van der Waals surface area contributed by atoms with Gasteiger partial charge in [0.1, 0.15) is 12.1 Å². The normalized spacial score (nSPS) is 13.1. The molecular formula is C14H18ClN3O5. The molecule has 1 rings (SSSR count). The van der Waals surface area contributed by atoms with E-state index in [9.17, 15) is 19.2 Å². The molecule has 126 valence electrons. The van der Waals surface area contributed by atoms with E-state index in [1.807, 2.05) is 6.92 Å². The molecule has 4 N–H and O–H groups in total. The number of carbonyl (C=O) groups is 3. The molecule has 23 heavy (non-hydrogen) atoms. The largest absolute Gasteiger partial charge is 0.480 e. The van der Waals surface area contributed by atoms with E-state index in [-0.39, 0.29) is 5.02 Å². The number of aliphatic carboxylic acids is 1. The summed E-state index contributed by atoms with van der Waals surface area (Å²) in [5.41, 5.74) is 4.53. The molecule has 1 aromatic heterocycles. The van der Waals surface area contributed by atoms with Gasteiger partial charge in [0.15, 0.2) is 0 Å². The van der Waals surface area contributed by atoms with Crippen LogP contribution in [0.4, 0.5) is 0 Å². The van der Waals surface area contributed by atoms with Gasteiger partial charge in [-0.3, -0.25) is 14.4 Å². The Morgan fingerprint density at radius 1 is 1.39 bits per heavy atom. The SMILES string of the molecule is CCCC(C(=O)NC(CC(N)=O)C(=O)O)n1cc(Cl)ccc1=O. The molecule has 0 saturated carbocycles. The fourth-order valence-corrected chi connectivity index (χ4v) is 2.23. The third-order valence-corrected chi connectivity index (χ3v) is 3.35. The van der Waals surface area contributed by atoms with Crippen molar-refractivity contribution in [3.05, 3.63) is 33.7 Å². The number of halogens is 1. The van der Waals surface area contributed by atoms with Gasteiger partial charge in [0.05, 0.1) is 11.4 Å². The van der Waals surface area contributed by atoms with Crippen molar-refractivity contribution in [1.82, 2.24) is 9.88 Å². The van der Waals surface area contributed by atoms with Crippen LogP contribution < -0.4 is 16.6 Å². The molecule has 9 heteroatoms. The van der Waals surface area contributed by atoms with Crippen LogP contribution in [-0.2, 0) is 14.4 Å². The van der Waals surface area contributed by atoms with Gasteiger partial charge in [0.2, 0.25) is 11.8 Å². The number of nitrogens with one attached hydrogen (secondary N) is 1. The lowest BCUT2D eigenvalue weighted by Crippen LogP contribution is -2.47. The first-order chi connectivity index (χ1) is 10.8. The minimum Gasteiger partial charge on any atom is -0.480 e. The van der Waals surface area contributed by atoms with Crippen molar-refractivity contribution >= 4 is 29.4 Å². The molecule has 2 atom stereocenters. The predicted octanol–water partition coefficient (Wildman–Crippen LogP) is 0.288. The van der Waals surface area contributed by atoms with Crippen LogP contribution in [0.15, 0.2) is 23.1 Å². The summed E-state index contributed by atoms with van der Waals surface area (Å²) in [6.07, 6.45) is 1.65. The van der Waals surface area contributed by atoms with Gasteiger partial charge in [0, 0.05) is 12.3 Å². The molecule has 0 radical (unpaired) electrons. The fourth-order valence-electron chi connectivity index (χ4n) is 2.06. The van der Waals surface area contributed by atoms with Gasteiger partial charge in [-0.2, -0.15) is 0 Å². The molecular weight excluding hydrogens is 326 g/mol. The number of hydrogen-bond acceptors (Lipinski definition) is 4. The Bertz CT molecular complexity index is 658. The van der Waals surface area contributed by atoms with E-state index in [0.29, 0.717) is 12.8 Å². The van der Waals surface area contributed by atoms with Crippen molar-refractivity contribution in [1.29, 1.82) is 0 Å². The maximum absolute atomic E-state index is 12.4. The average Bonchev–Trinajstić information content (AvgIpc) is 2.46. The predicted molar refractivity (Wildman–Crippen MR) is 83.0 cm³/mol. The van der Waals surface area contributed by atoms with Gasteiger partial charge in [-0.25, -0.2) is 4.79 Å². The van der Waals surface area contributed by atoms with Gasteiger partial charge in [-0.15, -0.1) is 0 Å². The molecule has 0 aliphatic carbocycles. The molecule has 1 heterocycles. The number of nitrogens with zero attached hydrogens (tertiary/aromatic N) is 1. The minimum absolute atomic E-state index is 0.269. The molecule has 0 bridgehead atoms. The van der Waals surface area contributed by atoms with Gasteiger partial charge in [-0.05, 0) is 12.5 Å². The van der Waals surface area contributed by atoms with E-state index in [2.05, 4.69) is 5.32 Å². The monoisotopic (exact) mass is 343 g/mol. The van der Waals surface area contributed by atoms with Crippen LogP contribution in [0.2, 0.25) is 5.02 Å². The van der Waals surface area contributed by atoms with E-state index >= 15 is 0 Å². The Hall–Kier alpha value is -2.35. The van der Waals surface area contributed by atoms with Gasteiger partial charge in [0.25, 0.3) is 5.56 Å². The molecule has 0 spiro atoms. The molecule has 2 unspecified atom stereocenters. The van der Waals surface area contributed by atoms with E-state index in [4.69, 9.17) is 22.4 Å². The second kappa shape index (κ2) is 8.33. The van der Waals surface area contributed by atoms with E-state index in [1.165, 1.54) is 18.3 Å². The number of pyridine rings is 1. The van der Waals surface area contributed by atoms with Crippen molar-refractivity contribution in [2.75, 3.05) is 0 Å². The molecule has 0 aromatic carbocycles. The van der Waals surface area contributed by atoms with Gasteiger partial charge >= 0.3 is 5.97 Å². The second-order valence-corrected chi connectivity index (χ2v) is 5.40. The number of primary amides is 1. The highest BCUT2D eigenvalue weighted by Gasteiger charge is 2.27. The van der Waals surface area contributed by atoms with Crippen LogP contribution in [0, 0.1) is 0 Å². The second-order valence-electron chi connectivity index (χ2n) is 4.97. The van der Waals surface area contributed by atoms with Crippen molar-refractivity contribution in [3.8, 4) is 0 Å². The first kappa shape index (κ1) is 18.7. The summed E-state index contributed by atoms with van der Waals surface area (Å²) in [7, 11) is 0. The Morgan fingerprint density at radius 3 is 2.57 bits per heavy atom. The zero-order valence-corrected chi connectivity index (χ0v) is 13.2. The number of carboxylic acids is 1. The number of rotatable bonds is 8. The maximum Gasteiger partial charge on any atom is 0.326 e. The molecule has 0 fully saturated rings. The topological polar surface area (TPSA) is 131 Å². The molecule has 2 amide bonds. The Morgan fingerprint density at radius 2 is 2.04 bits per heavy atom. The fraction of sp³-hybridized carbons (Fsp3) is 0.429. The molecule has 8 nitrogen and oxygen atoms in total. The van der Waals surface area contributed by atoms with E-state index in [1.54, 1.807) is 0 Å². The highest BCUT2D eigenvalue weighted by molar-refractivity contribution is 6.30. The number of hydrogen-bond donors (Lipinski definition) is 3. The number of aromatic nitrogens is 1. The summed E-state index contributed by atoms with van der Waals surface area (Å²) in [5.74, 6) is -2.93. The van der Waals surface area contributed by atoms with Crippen LogP contribution in [0.25, 0.3) is 0 Å².